The molecule has 10 nitrogen and oxygen atoms in total. The van der Waals surface area contributed by atoms with Crippen molar-refractivity contribution >= 4 is 44.3 Å². The van der Waals surface area contributed by atoms with E-state index in [1.54, 1.807) is 24.3 Å². The summed E-state index contributed by atoms with van der Waals surface area (Å²) in [5.74, 6) is 0.334. The maximum Gasteiger partial charge on any atom is 0.273 e. The van der Waals surface area contributed by atoms with E-state index in [1.807, 2.05) is 18.7 Å². The van der Waals surface area contributed by atoms with Gasteiger partial charge in [-0.05, 0) is 51.0 Å². The van der Waals surface area contributed by atoms with E-state index >= 15 is 0 Å². The fourth-order valence-electron chi connectivity index (χ4n) is 3.92. The van der Waals surface area contributed by atoms with E-state index in [-0.39, 0.29) is 29.8 Å². The number of carbonyl (C=O) groups excluding carboxylic acids is 2. The van der Waals surface area contributed by atoms with E-state index in [0.29, 0.717) is 40.9 Å². The summed E-state index contributed by atoms with van der Waals surface area (Å²) in [4.78, 5) is 48.6. The van der Waals surface area contributed by atoms with Crippen LogP contribution < -0.4 is 25.8 Å². The van der Waals surface area contributed by atoms with Crippen molar-refractivity contribution in [1.82, 2.24) is 19.9 Å². The van der Waals surface area contributed by atoms with Gasteiger partial charge in [0.05, 0.1) is 12.5 Å². The monoisotopic (exact) mass is 484 g/mol. The van der Waals surface area contributed by atoms with Crippen LogP contribution in [0, 0.1) is 5.92 Å². The summed E-state index contributed by atoms with van der Waals surface area (Å²) in [6, 6.07) is 7.04. The van der Waals surface area contributed by atoms with Crippen LogP contribution in [0.3, 0.4) is 0 Å². The minimum Gasteiger partial charge on any atom is -0.494 e. The Balaban J connectivity index is 1.46. The van der Waals surface area contributed by atoms with Crippen LogP contribution in [-0.4, -0.2) is 52.6 Å². The second kappa shape index (κ2) is 10.6. The van der Waals surface area contributed by atoms with Gasteiger partial charge in [-0.15, -0.1) is 0 Å². The molecule has 1 saturated heterocycles. The van der Waals surface area contributed by atoms with Gasteiger partial charge < -0.3 is 20.3 Å². The van der Waals surface area contributed by atoms with Crippen molar-refractivity contribution < 1.29 is 14.3 Å². The van der Waals surface area contributed by atoms with Crippen molar-refractivity contribution in [3.8, 4) is 5.75 Å². The highest BCUT2D eigenvalue weighted by atomic mass is 32.1. The number of nitrogens with one attached hydrogen (secondary N) is 2. The molecular formula is C23H28N6O4S. The standard InChI is InChI=1S/C23H28N6O4S/c1-3-24-21(31)15-6-5-11-28(12-15)23-27-20-19(34-23)22(32)29(14-25-20)13-18(30)26-16-7-9-17(10-8-16)33-4-2/h7-10,14-15H,3-6,11-13H2,1-2H3,(H,24,31)(H,26,30). The van der Waals surface area contributed by atoms with Gasteiger partial charge in [-0.2, -0.15) is 4.98 Å². The van der Waals surface area contributed by atoms with Crippen molar-refractivity contribution in [3.63, 3.8) is 0 Å². The topological polar surface area (TPSA) is 118 Å². The normalized spacial score (nSPS) is 15.8. The van der Waals surface area contributed by atoms with E-state index in [0.717, 1.165) is 25.1 Å². The lowest BCUT2D eigenvalue weighted by Crippen LogP contribution is -2.43. The average Bonchev–Trinajstić information content (AvgIpc) is 3.28. The van der Waals surface area contributed by atoms with E-state index < -0.39 is 0 Å². The van der Waals surface area contributed by atoms with Gasteiger partial charge in [0.1, 0.15) is 23.3 Å². The van der Waals surface area contributed by atoms with Gasteiger partial charge in [-0.25, -0.2) is 4.98 Å². The molecule has 1 aliphatic rings. The summed E-state index contributed by atoms with van der Waals surface area (Å²) in [5.41, 5.74) is 0.656. The quantitative estimate of drug-likeness (QED) is 0.503. The molecule has 0 radical (unpaired) electrons. The highest BCUT2D eigenvalue weighted by Gasteiger charge is 2.27. The number of anilines is 2. The summed E-state index contributed by atoms with van der Waals surface area (Å²) in [7, 11) is 0. The molecule has 1 atom stereocenters. The van der Waals surface area contributed by atoms with Crippen LogP contribution in [0.15, 0.2) is 35.4 Å². The highest BCUT2D eigenvalue weighted by molar-refractivity contribution is 7.22. The average molecular weight is 485 g/mol. The molecular weight excluding hydrogens is 456 g/mol. The van der Waals surface area contributed by atoms with E-state index in [4.69, 9.17) is 4.74 Å². The molecule has 3 heterocycles. The number of fused-ring (bicyclic) bond motifs is 1. The van der Waals surface area contributed by atoms with Crippen LogP contribution in [0.1, 0.15) is 26.7 Å². The van der Waals surface area contributed by atoms with Crippen molar-refractivity contribution in [2.45, 2.75) is 33.2 Å². The molecule has 1 fully saturated rings. The third-order valence-electron chi connectivity index (χ3n) is 5.55. The molecule has 1 unspecified atom stereocenters. The number of hydrogen-bond acceptors (Lipinski definition) is 8. The number of aromatic nitrogens is 3. The lowest BCUT2D eigenvalue weighted by Gasteiger charge is -2.31. The number of amides is 2. The lowest BCUT2D eigenvalue weighted by atomic mass is 9.97. The first-order valence-electron chi connectivity index (χ1n) is 11.4. The molecule has 0 saturated carbocycles. The number of carbonyl (C=O) groups is 2. The summed E-state index contributed by atoms with van der Waals surface area (Å²) in [6.45, 7) is 6.15. The van der Waals surface area contributed by atoms with Crippen LogP contribution in [0.2, 0.25) is 0 Å². The van der Waals surface area contributed by atoms with Crippen LogP contribution in [0.25, 0.3) is 10.3 Å². The number of rotatable bonds is 8. The minimum atomic E-state index is -0.335. The number of benzene rings is 1. The van der Waals surface area contributed by atoms with Crippen LogP contribution >= 0.6 is 11.3 Å². The van der Waals surface area contributed by atoms with Gasteiger partial charge >= 0.3 is 0 Å². The first-order valence-corrected chi connectivity index (χ1v) is 12.2. The number of ether oxygens (including phenoxy) is 1. The second-order valence-corrected chi connectivity index (χ2v) is 8.99. The van der Waals surface area contributed by atoms with E-state index in [2.05, 4.69) is 20.6 Å². The molecule has 180 valence electrons. The Bertz CT molecular complexity index is 1220. The Morgan fingerprint density at radius 1 is 1.24 bits per heavy atom. The zero-order valence-corrected chi connectivity index (χ0v) is 20.1. The van der Waals surface area contributed by atoms with Gasteiger partial charge in [0.2, 0.25) is 11.8 Å². The number of piperidine rings is 1. The first-order chi connectivity index (χ1) is 16.5. The van der Waals surface area contributed by atoms with E-state index in [9.17, 15) is 14.4 Å². The molecule has 2 aromatic heterocycles. The van der Waals surface area contributed by atoms with Crippen LogP contribution in [0.4, 0.5) is 10.8 Å². The molecule has 0 aliphatic carbocycles. The highest BCUT2D eigenvalue weighted by Crippen LogP contribution is 2.29. The Morgan fingerprint density at radius 2 is 2.03 bits per heavy atom. The van der Waals surface area contributed by atoms with Crippen LogP contribution in [-0.2, 0) is 16.1 Å². The summed E-state index contributed by atoms with van der Waals surface area (Å²) in [5, 5.41) is 6.33. The smallest absolute Gasteiger partial charge is 0.273 e. The molecule has 0 bridgehead atoms. The first kappa shape index (κ1) is 23.7. The number of thiazole rings is 1. The van der Waals surface area contributed by atoms with Crippen LogP contribution in [0.5, 0.6) is 5.75 Å². The van der Waals surface area contributed by atoms with Gasteiger partial charge in [0, 0.05) is 25.3 Å². The zero-order chi connectivity index (χ0) is 24.1. The fraction of sp³-hybridized carbons (Fsp3) is 0.435. The molecule has 1 aromatic carbocycles. The molecule has 11 heteroatoms. The maximum atomic E-state index is 13.0. The van der Waals surface area contributed by atoms with Crippen molar-refractivity contribution in [1.29, 1.82) is 0 Å². The van der Waals surface area contributed by atoms with Gasteiger partial charge in [0.25, 0.3) is 5.56 Å². The summed E-state index contributed by atoms with van der Waals surface area (Å²) in [6.07, 6.45) is 3.06. The SMILES string of the molecule is CCNC(=O)C1CCCN(c2nc3ncn(CC(=O)Nc4ccc(OCC)cc4)c(=O)c3s2)C1. The Hall–Kier alpha value is -3.47. The van der Waals surface area contributed by atoms with Gasteiger partial charge in [-0.3, -0.25) is 19.0 Å². The fourth-order valence-corrected chi connectivity index (χ4v) is 4.93. The zero-order valence-electron chi connectivity index (χ0n) is 19.2. The molecule has 0 spiro atoms. The summed E-state index contributed by atoms with van der Waals surface area (Å²) >= 11 is 1.25. The van der Waals surface area contributed by atoms with Crippen molar-refractivity contribution in [2.75, 3.05) is 36.5 Å². The maximum absolute atomic E-state index is 13.0. The predicted octanol–water partition coefficient (Wildman–Crippen LogP) is 2.24. The molecule has 1 aliphatic heterocycles. The molecule has 2 amide bonds. The Morgan fingerprint density at radius 3 is 2.76 bits per heavy atom. The van der Waals surface area contributed by atoms with E-state index in [1.165, 1.54) is 22.2 Å². The Kier molecular flexibility index (Phi) is 7.41. The lowest BCUT2D eigenvalue weighted by molar-refractivity contribution is -0.125. The van der Waals surface area contributed by atoms with Crippen molar-refractivity contribution in [3.05, 3.63) is 40.9 Å². The third kappa shape index (κ3) is 5.36. The Labute approximate surface area is 201 Å². The number of hydrogen-bond donors (Lipinski definition) is 2. The van der Waals surface area contributed by atoms with Crippen molar-refractivity contribution in [2.24, 2.45) is 5.92 Å². The number of nitrogens with zero attached hydrogens (tertiary/aromatic N) is 4. The second-order valence-electron chi connectivity index (χ2n) is 8.01. The summed E-state index contributed by atoms with van der Waals surface area (Å²) < 4.78 is 7.07. The molecule has 3 aromatic rings. The largest absolute Gasteiger partial charge is 0.494 e. The minimum absolute atomic E-state index is 0.0485. The molecule has 34 heavy (non-hydrogen) atoms. The third-order valence-corrected chi connectivity index (χ3v) is 6.64. The predicted molar refractivity (Wildman–Crippen MR) is 132 cm³/mol. The molecule has 4 rings (SSSR count). The molecule has 2 N–H and O–H groups in total. The van der Waals surface area contributed by atoms with Gasteiger partial charge in [-0.1, -0.05) is 11.3 Å². The van der Waals surface area contributed by atoms with Gasteiger partial charge in [0.15, 0.2) is 10.8 Å².